The molecule has 0 aromatic carbocycles. The van der Waals surface area contributed by atoms with Crippen LogP contribution in [0.5, 0.6) is 0 Å². The summed E-state index contributed by atoms with van der Waals surface area (Å²) in [7, 11) is 0. The smallest absolute Gasteiger partial charge is 0.192 e. The van der Waals surface area contributed by atoms with Gasteiger partial charge in [0.05, 0.1) is 4.65 Å². The summed E-state index contributed by atoms with van der Waals surface area (Å²) >= 11 is 0. The van der Waals surface area contributed by atoms with Crippen LogP contribution >= 0.6 is 0 Å². The molecule has 1 unspecified atom stereocenters. The Morgan fingerprint density at radius 2 is 0.608 bits per heavy atom. The lowest BCUT2D eigenvalue weighted by molar-refractivity contribution is -1.30. The molecule has 0 rings (SSSR count). The second-order valence-electron chi connectivity index (χ2n) is 8.57. The van der Waals surface area contributed by atoms with Crippen LogP contribution in [0.4, 0.5) is 141 Å². The van der Waals surface area contributed by atoms with Crippen LogP contribution in [0.3, 0.4) is 0 Å². The molecule has 0 radical (unpaired) electrons. The van der Waals surface area contributed by atoms with Crippen molar-refractivity contribution in [1.29, 1.82) is 0 Å². The van der Waals surface area contributed by atoms with Crippen LogP contribution in [0, 0.1) is 0 Å². The molecule has 0 aliphatic carbocycles. The molecule has 1 atom stereocenters. The van der Waals surface area contributed by atoms with Crippen molar-refractivity contribution in [1.82, 2.24) is 0 Å². The van der Waals surface area contributed by atoms with Crippen molar-refractivity contribution in [2.75, 3.05) is 0 Å². The first kappa shape index (κ1) is 48.6. The van der Waals surface area contributed by atoms with Gasteiger partial charge >= 0.3 is 84.3 Å². The highest BCUT2D eigenvalue weighted by molar-refractivity contribution is 5.14. The largest absolute Gasteiger partial charge is 0.603 e. The van der Waals surface area contributed by atoms with Gasteiger partial charge in [-0.3, -0.25) is 0 Å². The van der Waals surface area contributed by atoms with Crippen LogP contribution in [-0.2, 0) is 19.7 Å². The van der Waals surface area contributed by atoms with E-state index in [0.29, 0.717) is 19.7 Å². The van der Waals surface area contributed by atoms with Crippen LogP contribution in [0.1, 0.15) is 0 Å². The zero-order valence-corrected chi connectivity index (χ0v) is 21.2. The molecule has 0 N–H and O–H groups in total. The van der Waals surface area contributed by atoms with Crippen LogP contribution in [0.25, 0.3) is 0 Å². The molecule has 0 aromatic heterocycles. The van der Waals surface area contributed by atoms with Crippen molar-refractivity contribution in [3.63, 3.8) is 0 Å². The summed E-state index contributed by atoms with van der Waals surface area (Å²) in [6.07, 6.45) is -44.7. The van der Waals surface area contributed by atoms with Gasteiger partial charge in [-0.05, 0) is 13.6 Å². The van der Waals surface area contributed by atoms with E-state index in [1.54, 1.807) is 0 Å². The van der Waals surface area contributed by atoms with Crippen LogP contribution in [0.2, 0.25) is 0 Å². The summed E-state index contributed by atoms with van der Waals surface area (Å²) in [5, 5.41) is 0. The molecule has 0 fully saturated rings. The number of alkyl halides is 29. The fourth-order valence-corrected chi connectivity index (χ4v) is 2.88. The van der Waals surface area contributed by atoms with Crippen molar-refractivity contribution in [3.05, 3.63) is 0 Å². The lowest BCUT2D eigenvalue weighted by Crippen LogP contribution is -2.89. The fourth-order valence-electron chi connectivity index (χ4n) is 2.88. The second-order valence-corrected chi connectivity index (χ2v) is 8.57. The topological polar surface area (TPSA) is 36.9 Å². The van der Waals surface area contributed by atoms with Crippen molar-refractivity contribution in [3.8, 4) is 0 Å². The maximum atomic E-state index is 15.1. The SMILES string of the molecule is FOC(F)(F)C(F)(F)C(F)(F)[N+](OC(F)(F)C(F)(F)F)(C(F)(F)F)C(F)(F)C(OF)(OF)C(F)(F)C(F)(F)C(F)(F)C(F)(F)C(F)(F)C(F)(F)F. The normalized spacial score (nSPS) is 17.9. The van der Waals surface area contributed by atoms with Gasteiger partial charge in [-0.2, -0.15) is 96.6 Å². The quantitative estimate of drug-likeness (QED) is 0.0541. The van der Waals surface area contributed by atoms with E-state index in [2.05, 4.69) is 0 Å². The number of rotatable bonds is 15. The molecule has 5 nitrogen and oxygen atoms in total. The lowest BCUT2D eigenvalue weighted by atomic mass is 9.88. The first-order chi connectivity index (χ1) is 21.6. The van der Waals surface area contributed by atoms with Gasteiger partial charge in [0.15, 0.2) is 0 Å². The molecule has 0 aromatic rings. The molecule has 51 heavy (non-hydrogen) atoms. The van der Waals surface area contributed by atoms with Gasteiger partial charge in [0.25, 0.3) is 0 Å². The predicted molar refractivity (Wildman–Crippen MR) is 78.3 cm³/mol. The number of hydrogen-bond acceptors (Lipinski definition) is 4. The van der Waals surface area contributed by atoms with Gasteiger partial charge in [0.2, 0.25) is 0 Å². The van der Waals surface area contributed by atoms with E-state index in [1.807, 2.05) is 0 Å². The number of nitrogens with zero attached hydrogens (tertiary/aromatic N) is 1. The van der Waals surface area contributed by atoms with E-state index < -0.39 is 88.9 Å². The molecule has 0 saturated heterocycles. The molecule has 0 heterocycles. The standard InChI is InChI=1S/C14F32NO4/c15-1(16,3(19,20)5(23,24)8(27,28)29)2(17,18)4(21,22)7(48-44,49-45)11(35,36)47(14(41,42)43,51-13(39,40)9(30,31)32)10(33,34)6(25,26)12(37,38)50-46/q+1. The van der Waals surface area contributed by atoms with E-state index in [1.165, 1.54) is 0 Å². The Balaban J connectivity index is 9.05. The fraction of sp³-hybridized carbons (Fsp3) is 1.00. The van der Waals surface area contributed by atoms with Gasteiger partial charge in [0.1, 0.15) is 0 Å². The van der Waals surface area contributed by atoms with Crippen molar-refractivity contribution in [2.45, 2.75) is 84.3 Å². The summed E-state index contributed by atoms with van der Waals surface area (Å²) in [5.74, 6) is -68.2. The van der Waals surface area contributed by atoms with Crippen molar-refractivity contribution >= 4 is 0 Å². The summed E-state index contributed by atoms with van der Waals surface area (Å²) in [5.41, 5.74) is 0. The summed E-state index contributed by atoms with van der Waals surface area (Å²) < 4.78 is 421. The van der Waals surface area contributed by atoms with E-state index in [0.717, 1.165) is 0 Å². The molecule has 37 heteroatoms. The number of quaternary nitrogens is 1. The van der Waals surface area contributed by atoms with Gasteiger partial charge in [0, 0.05) is 0 Å². The zero-order valence-electron chi connectivity index (χ0n) is 21.2. The highest BCUT2D eigenvalue weighted by atomic mass is 19.4. The maximum Gasteiger partial charge on any atom is 0.603 e. The molecule has 0 bridgehead atoms. The lowest BCUT2D eigenvalue weighted by Gasteiger charge is -2.51. The summed E-state index contributed by atoms with van der Waals surface area (Å²) in [4.78, 5) is 1.95. The van der Waals surface area contributed by atoms with Crippen LogP contribution < -0.4 is 0 Å². The minimum Gasteiger partial charge on any atom is -0.192 e. The highest BCUT2D eigenvalue weighted by Crippen LogP contribution is 2.69. The number of hydrogen-bond donors (Lipinski definition) is 0. The zero-order chi connectivity index (χ0) is 42.3. The Morgan fingerprint density at radius 3 is 0.863 bits per heavy atom. The molecule has 0 spiro atoms. The van der Waals surface area contributed by atoms with E-state index in [-0.39, 0.29) is 0 Å². The minimum absolute atomic E-state index is 0.427. The van der Waals surface area contributed by atoms with Gasteiger partial charge in [-0.15, -0.1) is 45.6 Å². The third-order valence-corrected chi connectivity index (χ3v) is 5.53. The van der Waals surface area contributed by atoms with Crippen LogP contribution in [-0.4, -0.2) is 88.9 Å². The molecular weight excluding hydrogens is 854 g/mol. The molecule has 308 valence electrons. The first-order valence-electron chi connectivity index (χ1n) is 10.1. The van der Waals surface area contributed by atoms with Crippen molar-refractivity contribution < 1.29 is 165 Å². The Morgan fingerprint density at radius 1 is 0.294 bits per heavy atom. The van der Waals surface area contributed by atoms with Gasteiger partial charge in [-0.25, -0.2) is 0 Å². The summed E-state index contributed by atoms with van der Waals surface area (Å²) in [6, 6.07) is -20.9. The average molecular weight is 854 g/mol. The van der Waals surface area contributed by atoms with E-state index >= 15 is 8.78 Å². The predicted octanol–water partition coefficient (Wildman–Crippen LogP) is 9.96. The minimum atomic E-state index is -10.6. The molecule has 0 amide bonds. The Bertz CT molecular complexity index is 1230. The van der Waals surface area contributed by atoms with Crippen LogP contribution in [0.15, 0.2) is 0 Å². The summed E-state index contributed by atoms with van der Waals surface area (Å²) in [6.45, 7) is 0. The first-order valence-corrected chi connectivity index (χ1v) is 10.1. The molecular formula is C14F32NO4+. The average Bonchev–Trinajstić information content (AvgIpc) is 2.89. The second kappa shape index (κ2) is 12.3. The van der Waals surface area contributed by atoms with Crippen molar-refractivity contribution in [2.24, 2.45) is 0 Å². The molecule has 0 saturated carbocycles. The number of hydroxylamine groups is 3. The Labute approximate surface area is 251 Å². The molecule has 0 aliphatic heterocycles. The maximum absolute atomic E-state index is 15.1. The number of halogens is 32. The van der Waals surface area contributed by atoms with Gasteiger partial charge in [-0.1, -0.05) is 4.84 Å². The van der Waals surface area contributed by atoms with E-state index in [4.69, 9.17) is 0 Å². The Hall–Kier alpha value is -2.44. The van der Waals surface area contributed by atoms with Gasteiger partial charge < -0.3 is 0 Å². The van der Waals surface area contributed by atoms with E-state index in [9.17, 15) is 132 Å². The molecule has 0 aliphatic rings. The third-order valence-electron chi connectivity index (χ3n) is 5.53. The third kappa shape index (κ3) is 5.88. The Kier molecular flexibility index (Phi) is 11.7. The monoisotopic (exact) mass is 854 g/mol. The highest BCUT2D eigenvalue weighted by Gasteiger charge is 3.06.